The zero-order chi connectivity index (χ0) is 25.5. The van der Waals surface area contributed by atoms with Crippen molar-refractivity contribution < 1.29 is 33.1 Å². The van der Waals surface area contributed by atoms with E-state index in [0.717, 1.165) is 11.1 Å². The van der Waals surface area contributed by atoms with Gasteiger partial charge in [0.1, 0.15) is 12.6 Å². The fourth-order valence-electron chi connectivity index (χ4n) is 4.06. The first-order valence-corrected chi connectivity index (χ1v) is 11.6. The highest BCUT2D eigenvalue weighted by molar-refractivity contribution is 6.00. The largest absolute Gasteiger partial charge is 0.465 e. The molecule has 0 bridgehead atoms. The van der Waals surface area contributed by atoms with Crippen molar-refractivity contribution in [3.8, 4) is 0 Å². The van der Waals surface area contributed by atoms with E-state index in [0.29, 0.717) is 5.69 Å². The fraction of sp³-hybridized carbons (Fsp3) is 0.259. The molecule has 0 radical (unpaired) electrons. The maximum absolute atomic E-state index is 13.2. The number of furan rings is 1. The van der Waals surface area contributed by atoms with Crippen molar-refractivity contribution in [1.82, 2.24) is 4.90 Å². The number of ether oxygens (including phenoxy) is 2. The zero-order valence-corrected chi connectivity index (χ0v) is 19.8. The van der Waals surface area contributed by atoms with E-state index in [-0.39, 0.29) is 31.9 Å². The van der Waals surface area contributed by atoms with Gasteiger partial charge < -0.3 is 18.8 Å². The minimum absolute atomic E-state index is 0.105. The lowest BCUT2D eigenvalue weighted by Gasteiger charge is -2.35. The van der Waals surface area contributed by atoms with Crippen LogP contribution >= 0.6 is 0 Å². The van der Waals surface area contributed by atoms with Gasteiger partial charge in [-0.1, -0.05) is 42.5 Å². The van der Waals surface area contributed by atoms with E-state index in [4.69, 9.17) is 13.9 Å². The van der Waals surface area contributed by atoms with Crippen molar-refractivity contribution in [3.05, 3.63) is 89.9 Å². The van der Waals surface area contributed by atoms with Crippen LogP contribution in [0.1, 0.15) is 28.6 Å². The molecule has 2 heterocycles. The predicted molar refractivity (Wildman–Crippen MR) is 129 cm³/mol. The van der Waals surface area contributed by atoms with E-state index < -0.39 is 36.4 Å². The number of hydrogen-bond acceptors (Lipinski definition) is 7. The van der Waals surface area contributed by atoms with Crippen LogP contribution < -0.4 is 4.90 Å². The van der Waals surface area contributed by atoms with Crippen LogP contribution in [0.25, 0.3) is 0 Å². The van der Waals surface area contributed by atoms with Gasteiger partial charge in [0.15, 0.2) is 12.4 Å². The van der Waals surface area contributed by atoms with Gasteiger partial charge in [0, 0.05) is 18.7 Å². The number of anilines is 1. The van der Waals surface area contributed by atoms with E-state index in [1.165, 1.54) is 22.1 Å². The quantitative estimate of drug-likeness (QED) is 0.447. The molecular weight excluding hydrogens is 464 g/mol. The molecule has 0 spiro atoms. The third-order valence-corrected chi connectivity index (χ3v) is 5.81. The summed E-state index contributed by atoms with van der Waals surface area (Å²) in [4.78, 5) is 54.0. The van der Waals surface area contributed by atoms with Crippen molar-refractivity contribution >= 4 is 29.4 Å². The molecule has 0 saturated heterocycles. The number of amides is 2. The van der Waals surface area contributed by atoms with Crippen LogP contribution in [0.2, 0.25) is 0 Å². The molecule has 0 saturated carbocycles. The number of rotatable bonds is 8. The molecule has 1 aliphatic rings. The van der Waals surface area contributed by atoms with Crippen LogP contribution in [0.4, 0.5) is 5.69 Å². The van der Waals surface area contributed by atoms with Crippen molar-refractivity contribution in [1.29, 1.82) is 0 Å². The molecule has 9 nitrogen and oxygen atoms in total. The number of carbonyl (C=O) groups excluding carboxylic acids is 4. The van der Waals surface area contributed by atoms with Gasteiger partial charge in [0.05, 0.1) is 12.9 Å². The Kier molecular flexibility index (Phi) is 7.79. The molecule has 2 amide bonds. The summed E-state index contributed by atoms with van der Waals surface area (Å²) in [6.07, 6.45) is 1.62. The molecular formula is C27H26N2O7. The molecule has 9 heteroatoms. The first-order chi connectivity index (χ1) is 17.5. The second-order valence-electron chi connectivity index (χ2n) is 8.13. The number of nitrogens with zero attached hydrogens (tertiary/aromatic N) is 2. The van der Waals surface area contributed by atoms with E-state index in [9.17, 15) is 19.2 Å². The third kappa shape index (κ3) is 5.63. The standard InChI is InChI=1S/C27H26N2O7/c1-2-34-25(31)17-28(21-11-4-3-5-12-21)24(30)18-36-27(33)22-15-19-9-6-7-10-20(19)16-29(22)26(32)23-13-8-14-35-23/h3-14,22H,2,15-18H2,1H3. The first kappa shape index (κ1) is 24.7. The molecule has 0 fully saturated rings. The molecule has 0 N–H and O–H groups in total. The maximum atomic E-state index is 13.2. The average molecular weight is 491 g/mol. The van der Waals surface area contributed by atoms with Gasteiger partial charge in [-0.2, -0.15) is 0 Å². The van der Waals surface area contributed by atoms with Crippen LogP contribution in [0.3, 0.4) is 0 Å². The van der Waals surface area contributed by atoms with E-state index >= 15 is 0 Å². The lowest BCUT2D eigenvalue weighted by atomic mass is 9.93. The molecule has 36 heavy (non-hydrogen) atoms. The summed E-state index contributed by atoms with van der Waals surface area (Å²) >= 11 is 0. The number of para-hydroxylation sites is 1. The summed E-state index contributed by atoms with van der Waals surface area (Å²) in [5.74, 6) is -2.24. The van der Waals surface area contributed by atoms with Crippen molar-refractivity contribution in [2.45, 2.75) is 25.9 Å². The second-order valence-corrected chi connectivity index (χ2v) is 8.13. The summed E-state index contributed by atoms with van der Waals surface area (Å²) < 4.78 is 15.6. The van der Waals surface area contributed by atoms with E-state index in [1.54, 1.807) is 43.3 Å². The minimum atomic E-state index is -0.944. The molecule has 1 atom stereocenters. The van der Waals surface area contributed by atoms with Crippen molar-refractivity contribution in [3.63, 3.8) is 0 Å². The fourth-order valence-corrected chi connectivity index (χ4v) is 4.06. The Morgan fingerprint density at radius 2 is 1.67 bits per heavy atom. The molecule has 0 aliphatic carbocycles. The molecule has 2 aromatic carbocycles. The minimum Gasteiger partial charge on any atom is -0.465 e. The van der Waals surface area contributed by atoms with E-state index in [2.05, 4.69) is 0 Å². The predicted octanol–water partition coefficient (Wildman–Crippen LogP) is 2.99. The molecule has 1 aliphatic heterocycles. The van der Waals surface area contributed by atoms with Gasteiger partial charge in [-0.3, -0.25) is 19.3 Å². The van der Waals surface area contributed by atoms with Crippen LogP contribution in [0.15, 0.2) is 77.4 Å². The highest BCUT2D eigenvalue weighted by Crippen LogP contribution is 2.26. The maximum Gasteiger partial charge on any atom is 0.329 e. The van der Waals surface area contributed by atoms with Gasteiger partial charge >= 0.3 is 11.9 Å². The van der Waals surface area contributed by atoms with Crippen LogP contribution in [0.5, 0.6) is 0 Å². The van der Waals surface area contributed by atoms with Gasteiger partial charge in [0.2, 0.25) is 0 Å². The van der Waals surface area contributed by atoms with E-state index in [1.807, 2.05) is 24.3 Å². The molecule has 1 aromatic heterocycles. The van der Waals surface area contributed by atoms with Gasteiger partial charge in [-0.15, -0.1) is 0 Å². The topological polar surface area (TPSA) is 106 Å². The summed E-state index contributed by atoms with van der Waals surface area (Å²) in [5.41, 5.74) is 2.30. The first-order valence-electron chi connectivity index (χ1n) is 11.6. The summed E-state index contributed by atoms with van der Waals surface area (Å²) in [6.45, 7) is 1.12. The van der Waals surface area contributed by atoms with Crippen molar-refractivity contribution in [2.75, 3.05) is 24.7 Å². The Morgan fingerprint density at radius 1 is 0.944 bits per heavy atom. The lowest BCUT2D eigenvalue weighted by molar-refractivity contribution is -0.153. The highest BCUT2D eigenvalue weighted by Gasteiger charge is 2.37. The smallest absolute Gasteiger partial charge is 0.329 e. The molecule has 1 unspecified atom stereocenters. The van der Waals surface area contributed by atoms with Crippen LogP contribution in [0, 0.1) is 0 Å². The number of esters is 2. The normalized spacial score (nSPS) is 14.5. The molecule has 4 rings (SSSR count). The Labute approximate surface area is 208 Å². The Morgan fingerprint density at radius 3 is 2.36 bits per heavy atom. The zero-order valence-electron chi connectivity index (χ0n) is 19.8. The number of benzene rings is 2. The van der Waals surface area contributed by atoms with Gasteiger partial charge in [-0.25, -0.2) is 4.79 Å². The molecule has 3 aromatic rings. The SMILES string of the molecule is CCOC(=O)CN(C(=O)COC(=O)C1Cc2ccccc2CN1C(=O)c1ccco1)c1ccccc1. The second kappa shape index (κ2) is 11.4. The Bertz CT molecular complexity index is 1220. The number of hydrogen-bond donors (Lipinski definition) is 0. The Hall–Kier alpha value is -4.40. The van der Waals surface area contributed by atoms with Crippen LogP contribution in [-0.4, -0.2) is 54.5 Å². The van der Waals surface area contributed by atoms with Crippen LogP contribution in [-0.2, 0) is 36.8 Å². The lowest BCUT2D eigenvalue weighted by Crippen LogP contribution is -2.50. The number of fused-ring (bicyclic) bond motifs is 1. The third-order valence-electron chi connectivity index (χ3n) is 5.81. The summed E-state index contributed by atoms with van der Waals surface area (Å²) in [7, 11) is 0. The summed E-state index contributed by atoms with van der Waals surface area (Å²) in [6, 6.07) is 18.3. The summed E-state index contributed by atoms with van der Waals surface area (Å²) in [5, 5.41) is 0. The van der Waals surface area contributed by atoms with Gasteiger partial charge in [-0.05, 0) is 42.3 Å². The average Bonchev–Trinajstić information content (AvgIpc) is 3.45. The number of carbonyl (C=O) groups is 4. The van der Waals surface area contributed by atoms with Gasteiger partial charge in [0.25, 0.3) is 11.8 Å². The Balaban J connectivity index is 1.50. The monoisotopic (exact) mass is 490 g/mol. The molecule has 186 valence electrons. The van der Waals surface area contributed by atoms with Crippen molar-refractivity contribution in [2.24, 2.45) is 0 Å². The highest BCUT2D eigenvalue weighted by atomic mass is 16.5.